The highest BCUT2D eigenvalue weighted by molar-refractivity contribution is 5.87. The van der Waals surface area contributed by atoms with Crippen LogP contribution in [0.5, 0.6) is 11.5 Å². The highest BCUT2D eigenvalue weighted by Crippen LogP contribution is 2.24. The molecular formula is C27H32O6. The fourth-order valence-corrected chi connectivity index (χ4v) is 2.92. The van der Waals surface area contributed by atoms with E-state index in [0.717, 1.165) is 17.9 Å². The molecule has 176 valence electrons. The van der Waals surface area contributed by atoms with E-state index in [-0.39, 0.29) is 13.2 Å². The summed E-state index contributed by atoms with van der Waals surface area (Å²) in [5, 5.41) is 0. The van der Waals surface area contributed by atoms with Crippen molar-refractivity contribution in [2.45, 2.75) is 33.1 Å². The second-order valence-electron chi connectivity index (χ2n) is 7.85. The van der Waals surface area contributed by atoms with Crippen molar-refractivity contribution in [2.24, 2.45) is 0 Å². The summed E-state index contributed by atoms with van der Waals surface area (Å²) in [6.45, 7) is 13.4. The van der Waals surface area contributed by atoms with E-state index < -0.39 is 11.9 Å². The number of esters is 2. The lowest BCUT2D eigenvalue weighted by Gasteiger charge is -2.14. The molecule has 1 unspecified atom stereocenters. The molecule has 0 fully saturated rings. The summed E-state index contributed by atoms with van der Waals surface area (Å²) in [5.74, 6) is 0.961. The zero-order valence-electron chi connectivity index (χ0n) is 19.6. The van der Waals surface area contributed by atoms with Crippen molar-refractivity contribution in [3.8, 4) is 11.5 Å². The highest BCUT2D eigenvalue weighted by Gasteiger charge is 2.08. The number of carbonyl (C=O) groups is 2. The van der Waals surface area contributed by atoms with Gasteiger partial charge in [0.25, 0.3) is 0 Å². The lowest BCUT2D eigenvalue weighted by Crippen LogP contribution is -2.12. The van der Waals surface area contributed by atoms with Gasteiger partial charge in [0.2, 0.25) is 0 Å². The van der Waals surface area contributed by atoms with Crippen LogP contribution in [-0.2, 0) is 25.5 Å². The average molecular weight is 453 g/mol. The first kappa shape index (κ1) is 25.7. The standard InChI is InChI=1S/C27H32O6/c1-19(2)26(28)32-16-14-30-24-10-6-22(7-11-24)18-21(5)23-8-12-25(13-9-23)31-15-17-33-27(29)20(3)4/h6-13,21H,1,3,14-18H2,2,4-5H3. The Bertz CT molecular complexity index is 944. The van der Waals surface area contributed by atoms with Crippen molar-refractivity contribution in [1.29, 1.82) is 0 Å². The first-order valence-electron chi connectivity index (χ1n) is 10.9. The fraction of sp³-hybridized carbons (Fsp3) is 0.333. The van der Waals surface area contributed by atoms with Gasteiger partial charge in [-0.25, -0.2) is 9.59 Å². The predicted molar refractivity (Wildman–Crippen MR) is 128 cm³/mol. The maximum Gasteiger partial charge on any atom is 0.333 e. The van der Waals surface area contributed by atoms with Crippen molar-refractivity contribution in [2.75, 3.05) is 26.4 Å². The van der Waals surface area contributed by atoms with Crippen LogP contribution in [0.15, 0.2) is 72.8 Å². The molecule has 0 bridgehead atoms. The summed E-state index contributed by atoms with van der Waals surface area (Å²) >= 11 is 0. The first-order valence-corrected chi connectivity index (χ1v) is 10.9. The second kappa shape index (κ2) is 13.1. The van der Waals surface area contributed by atoms with Gasteiger partial charge in [-0.2, -0.15) is 0 Å². The van der Waals surface area contributed by atoms with E-state index in [1.807, 2.05) is 48.5 Å². The number of rotatable bonds is 13. The van der Waals surface area contributed by atoms with Crippen LogP contribution in [0.3, 0.4) is 0 Å². The Kier molecular flexibility index (Phi) is 10.2. The minimum absolute atomic E-state index is 0.184. The van der Waals surface area contributed by atoms with Crippen LogP contribution in [0.1, 0.15) is 37.8 Å². The Morgan fingerprint density at radius 1 is 0.727 bits per heavy atom. The Morgan fingerprint density at radius 3 is 1.58 bits per heavy atom. The molecule has 0 aliphatic rings. The summed E-state index contributed by atoms with van der Waals surface area (Å²) in [7, 11) is 0. The van der Waals surface area contributed by atoms with Crippen molar-refractivity contribution >= 4 is 11.9 Å². The molecule has 0 saturated heterocycles. The number of hydrogen-bond acceptors (Lipinski definition) is 6. The lowest BCUT2D eigenvalue weighted by molar-refractivity contribution is -0.140. The van der Waals surface area contributed by atoms with Gasteiger partial charge >= 0.3 is 11.9 Å². The van der Waals surface area contributed by atoms with Gasteiger partial charge in [-0.1, -0.05) is 44.3 Å². The molecule has 6 nitrogen and oxygen atoms in total. The second-order valence-corrected chi connectivity index (χ2v) is 7.85. The smallest absolute Gasteiger partial charge is 0.333 e. The Hall–Kier alpha value is -3.54. The quantitative estimate of drug-likeness (QED) is 0.241. The van der Waals surface area contributed by atoms with E-state index in [4.69, 9.17) is 18.9 Å². The largest absolute Gasteiger partial charge is 0.490 e. The maximum absolute atomic E-state index is 11.3. The van der Waals surface area contributed by atoms with Gasteiger partial charge in [0.15, 0.2) is 0 Å². The molecule has 0 aliphatic heterocycles. The number of carbonyl (C=O) groups excluding carboxylic acids is 2. The van der Waals surface area contributed by atoms with Gasteiger partial charge in [-0.3, -0.25) is 0 Å². The van der Waals surface area contributed by atoms with E-state index >= 15 is 0 Å². The highest BCUT2D eigenvalue weighted by atomic mass is 16.6. The molecule has 0 aromatic heterocycles. The third-order valence-electron chi connectivity index (χ3n) is 4.78. The van der Waals surface area contributed by atoms with Crippen molar-refractivity contribution in [3.05, 3.63) is 84.0 Å². The van der Waals surface area contributed by atoms with E-state index in [2.05, 4.69) is 20.1 Å². The summed E-state index contributed by atoms with van der Waals surface area (Å²) in [4.78, 5) is 22.7. The minimum Gasteiger partial charge on any atom is -0.490 e. The number of hydrogen-bond donors (Lipinski definition) is 0. The molecule has 2 aromatic rings. The van der Waals surface area contributed by atoms with Crippen molar-refractivity contribution in [3.63, 3.8) is 0 Å². The van der Waals surface area contributed by atoms with E-state index in [1.54, 1.807) is 13.8 Å². The molecule has 0 saturated carbocycles. The van der Waals surface area contributed by atoms with Crippen LogP contribution >= 0.6 is 0 Å². The average Bonchev–Trinajstić information content (AvgIpc) is 2.80. The predicted octanol–water partition coefficient (Wildman–Crippen LogP) is 5.03. The van der Waals surface area contributed by atoms with E-state index in [0.29, 0.717) is 30.3 Å². The SMILES string of the molecule is C=C(C)C(=O)OCCOc1ccc(CC(C)c2ccc(OCCOC(=O)C(=C)C)cc2)cc1. The molecular weight excluding hydrogens is 420 g/mol. The van der Waals surface area contributed by atoms with Crippen LogP contribution in [0.25, 0.3) is 0 Å². The fourth-order valence-electron chi connectivity index (χ4n) is 2.92. The molecule has 1 atom stereocenters. The van der Waals surface area contributed by atoms with Crippen molar-refractivity contribution < 1.29 is 28.5 Å². The van der Waals surface area contributed by atoms with E-state index in [9.17, 15) is 9.59 Å². The molecule has 2 aromatic carbocycles. The monoisotopic (exact) mass is 452 g/mol. The topological polar surface area (TPSA) is 71.1 Å². The van der Waals surface area contributed by atoms with Crippen LogP contribution < -0.4 is 9.47 Å². The minimum atomic E-state index is -0.411. The van der Waals surface area contributed by atoms with Gasteiger partial charge in [-0.05, 0) is 61.6 Å². The molecule has 2 rings (SSSR count). The summed E-state index contributed by atoms with van der Waals surface area (Å²) in [6, 6.07) is 15.8. The molecule has 0 radical (unpaired) electrons. The number of benzene rings is 2. The summed E-state index contributed by atoms with van der Waals surface area (Å²) < 4.78 is 21.2. The Balaban J connectivity index is 1.74. The van der Waals surface area contributed by atoms with Crippen LogP contribution in [0.2, 0.25) is 0 Å². The maximum atomic E-state index is 11.3. The van der Waals surface area contributed by atoms with Gasteiger partial charge in [-0.15, -0.1) is 0 Å². The van der Waals surface area contributed by atoms with Gasteiger partial charge < -0.3 is 18.9 Å². The van der Waals surface area contributed by atoms with Gasteiger partial charge in [0, 0.05) is 11.1 Å². The molecule has 0 N–H and O–H groups in total. The first-order chi connectivity index (χ1) is 15.8. The third-order valence-corrected chi connectivity index (χ3v) is 4.78. The zero-order chi connectivity index (χ0) is 24.2. The molecule has 0 amide bonds. The molecule has 0 spiro atoms. The van der Waals surface area contributed by atoms with Crippen LogP contribution in [0.4, 0.5) is 0 Å². The Labute approximate surface area is 195 Å². The van der Waals surface area contributed by atoms with E-state index in [1.165, 1.54) is 11.1 Å². The van der Waals surface area contributed by atoms with Crippen LogP contribution in [0, 0.1) is 0 Å². The van der Waals surface area contributed by atoms with Gasteiger partial charge in [0.1, 0.15) is 37.9 Å². The van der Waals surface area contributed by atoms with Crippen LogP contribution in [-0.4, -0.2) is 38.4 Å². The van der Waals surface area contributed by atoms with Gasteiger partial charge in [0.05, 0.1) is 0 Å². The molecule has 0 heterocycles. The molecule has 0 aliphatic carbocycles. The lowest BCUT2D eigenvalue weighted by atomic mass is 9.94. The normalized spacial score (nSPS) is 11.2. The Morgan fingerprint density at radius 2 is 1.15 bits per heavy atom. The summed E-state index contributed by atoms with van der Waals surface area (Å²) in [6.07, 6.45) is 0.883. The molecule has 33 heavy (non-hydrogen) atoms. The van der Waals surface area contributed by atoms with Crippen molar-refractivity contribution in [1.82, 2.24) is 0 Å². The molecule has 6 heteroatoms. The number of ether oxygens (including phenoxy) is 4. The summed E-state index contributed by atoms with van der Waals surface area (Å²) in [5.41, 5.74) is 3.15. The zero-order valence-corrected chi connectivity index (χ0v) is 19.6. The third kappa shape index (κ3) is 9.23.